The molecule has 0 aliphatic carbocycles. The Morgan fingerprint density at radius 3 is 2.67 bits per heavy atom. The molecule has 96 valence electrons. The van der Waals surface area contributed by atoms with Crippen molar-refractivity contribution in [3.63, 3.8) is 0 Å². The molecule has 1 aromatic carbocycles. The number of benzene rings is 1. The Hall–Kier alpha value is -1.59. The van der Waals surface area contributed by atoms with E-state index in [0.29, 0.717) is 17.4 Å². The van der Waals surface area contributed by atoms with Crippen LogP contribution in [0.5, 0.6) is 0 Å². The monoisotopic (exact) mass is 284 g/mol. The van der Waals surface area contributed by atoms with E-state index in [0.717, 1.165) is 10.4 Å². The van der Waals surface area contributed by atoms with E-state index in [-0.39, 0.29) is 12.4 Å². The largest absolute Gasteiger partial charge is 0.461 e. The molecule has 1 aromatic heterocycles. The van der Waals surface area contributed by atoms with Gasteiger partial charge in [0.15, 0.2) is 10.8 Å². The van der Waals surface area contributed by atoms with Gasteiger partial charge in [0, 0.05) is 0 Å². The lowest BCUT2D eigenvalue weighted by Gasteiger charge is -2.01. The predicted molar refractivity (Wildman–Crippen MR) is 75.2 cm³/mol. The fraction of sp³-hybridized carbons (Fsp3) is 0.167. The van der Waals surface area contributed by atoms with Gasteiger partial charge in [-0.1, -0.05) is 41.7 Å². The number of nitrogens with zero attached hydrogens (tertiary/aromatic N) is 1. The summed E-state index contributed by atoms with van der Waals surface area (Å²) < 4.78 is 4.95. The molecule has 0 saturated carbocycles. The molecular weight excluding hydrogens is 272 g/mol. The second kappa shape index (κ2) is 6.37. The highest BCUT2D eigenvalue weighted by Gasteiger charge is 2.19. The van der Waals surface area contributed by atoms with Crippen LogP contribution in [0, 0.1) is 0 Å². The number of nitrogen functional groups attached to an aromatic ring is 1. The summed E-state index contributed by atoms with van der Waals surface area (Å²) in [6, 6.07) is 9.55. The zero-order valence-corrected chi connectivity index (χ0v) is 11.4. The molecule has 0 radical (unpaired) electrons. The number of nitrogens with two attached hydrogens (primary N) is 1. The van der Waals surface area contributed by atoms with Gasteiger partial charge in [-0.25, -0.2) is 9.78 Å². The van der Waals surface area contributed by atoms with Gasteiger partial charge in [0.1, 0.15) is 0 Å². The molecule has 0 fully saturated rings. The summed E-state index contributed by atoms with van der Waals surface area (Å²) in [4.78, 5) is 16.5. The van der Waals surface area contributed by atoms with Gasteiger partial charge >= 0.3 is 5.97 Å². The third kappa shape index (κ3) is 3.00. The summed E-state index contributed by atoms with van der Waals surface area (Å²) in [7, 11) is 0. The van der Waals surface area contributed by atoms with E-state index in [2.05, 4.69) is 4.98 Å². The maximum absolute atomic E-state index is 11.7. The summed E-state index contributed by atoms with van der Waals surface area (Å²) in [5, 5.41) is 0.368. The standard InChI is InChI=1S/C12H12N2O2S.ClH/c1-2-16-11(15)9-10(17-12(13)14-9)8-6-4-3-5-7-8;/h3-7H,2H2,1H3,(H2,13,14);1H. The maximum atomic E-state index is 11.7. The highest BCUT2D eigenvalue weighted by Crippen LogP contribution is 2.31. The van der Waals surface area contributed by atoms with Crippen LogP contribution in [0.25, 0.3) is 10.4 Å². The highest BCUT2D eigenvalue weighted by atomic mass is 35.5. The fourth-order valence-corrected chi connectivity index (χ4v) is 2.29. The van der Waals surface area contributed by atoms with Crippen molar-refractivity contribution in [2.24, 2.45) is 0 Å². The zero-order chi connectivity index (χ0) is 12.3. The van der Waals surface area contributed by atoms with Crippen molar-refractivity contribution in [2.75, 3.05) is 12.3 Å². The minimum Gasteiger partial charge on any atom is -0.461 e. The molecule has 0 amide bonds. The van der Waals surface area contributed by atoms with Gasteiger partial charge in [-0.3, -0.25) is 0 Å². The second-order valence-corrected chi connectivity index (χ2v) is 4.35. The van der Waals surface area contributed by atoms with Crippen LogP contribution in [0.15, 0.2) is 30.3 Å². The van der Waals surface area contributed by atoms with Gasteiger partial charge in [-0.05, 0) is 12.5 Å². The summed E-state index contributed by atoms with van der Waals surface area (Å²) in [5.41, 5.74) is 6.86. The number of carbonyl (C=O) groups is 1. The topological polar surface area (TPSA) is 65.2 Å². The van der Waals surface area contributed by atoms with Crippen molar-refractivity contribution in [2.45, 2.75) is 6.92 Å². The average Bonchev–Trinajstić information content (AvgIpc) is 2.73. The molecule has 6 heteroatoms. The predicted octanol–water partition coefficient (Wildman–Crippen LogP) is 2.99. The third-order valence-electron chi connectivity index (χ3n) is 2.15. The van der Waals surface area contributed by atoms with E-state index < -0.39 is 5.97 Å². The van der Waals surface area contributed by atoms with E-state index >= 15 is 0 Å². The van der Waals surface area contributed by atoms with Crippen molar-refractivity contribution < 1.29 is 9.53 Å². The van der Waals surface area contributed by atoms with Crippen LogP contribution in [0.4, 0.5) is 5.13 Å². The van der Waals surface area contributed by atoms with Crippen LogP contribution < -0.4 is 5.73 Å². The number of carbonyl (C=O) groups excluding carboxylic acids is 1. The molecule has 0 saturated heterocycles. The van der Waals surface area contributed by atoms with Gasteiger partial charge in [-0.2, -0.15) is 0 Å². The molecule has 18 heavy (non-hydrogen) atoms. The maximum Gasteiger partial charge on any atom is 0.358 e. The summed E-state index contributed by atoms with van der Waals surface area (Å²) in [6.45, 7) is 2.08. The minimum absolute atomic E-state index is 0. The number of esters is 1. The van der Waals surface area contributed by atoms with Crippen LogP contribution in [-0.4, -0.2) is 17.6 Å². The molecular formula is C12H13ClN2O2S. The number of aromatic nitrogens is 1. The number of halogens is 1. The van der Waals surface area contributed by atoms with E-state index in [4.69, 9.17) is 10.5 Å². The van der Waals surface area contributed by atoms with E-state index in [1.807, 2.05) is 30.3 Å². The number of anilines is 1. The minimum atomic E-state index is -0.431. The lowest BCUT2D eigenvalue weighted by molar-refractivity contribution is 0.0521. The van der Waals surface area contributed by atoms with Crippen molar-refractivity contribution in [3.05, 3.63) is 36.0 Å². The normalized spacial score (nSPS) is 9.61. The number of rotatable bonds is 3. The molecule has 0 aliphatic rings. The first-order valence-corrected chi connectivity index (χ1v) is 6.03. The number of thiazole rings is 1. The first kappa shape index (κ1) is 14.5. The Balaban J connectivity index is 0.00000162. The average molecular weight is 285 g/mol. The third-order valence-corrected chi connectivity index (χ3v) is 3.08. The lowest BCUT2D eigenvalue weighted by atomic mass is 10.1. The van der Waals surface area contributed by atoms with Crippen LogP contribution in [0.3, 0.4) is 0 Å². The lowest BCUT2D eigenvalue weighted by Crippen LogP contribution is -2.06. The van der Waals surface area contributed by atoms with Crippen LogP contribution in [-0.2, 0) is 4.74 Å². The summed E-state index contributed by atoms with van der Waals surface area (Å²) in [6.07, 6.45) is 0. The number of hydrogen-bond donors (Lipinski definition) is 1. The smallest absolute Gasteiger partial charge is 0.358 e. The summed E-state index contributed by atoms with van der Waals surface area (Å²) >= 11 is 1.29. The van der Waals surface area contributed by atoms with E-state index in [1.54, 1.807) is 6.92 Å². The molecule has 1 heterocycles. The van der Waals surface area contributed by atoms with Crippen molar-refractivity contribution in [1.82, 2.24) is 4.98 Å². The fourth-order valence-electron chi connectivity index (χ4n) is 1.46. The van der Waals surface area contributed by atoms with Crippen molar-refractivity contribution in [3.8, 4) is 10.4 Å². The highest BCUT2D eigenvalue weighted by molar-refractivity contribution is 7.19. The molecule has 0 atom stereocenters. The molecule has 0 bridgehead atoms. The molecule has 2 aromatic rings. The van der Waals surface area contributed by atoms with Crippen LogP contribution >= 0.6 is 23.7 Å². The summed E-state index contributed by atoms with van der Waals surface area (Å²) in [5.74, 6) is -0.431. The first-order chi connectivity index (χ1) is 8.22. The molecule has 2 rings (SSSR count). The number of ether oxygens (including phenoxy) is 1. The quantitative estimate of drug-likeness (QED) is 0.880. The molecule has 0 spiro atoms. The second-order valence-electron chi connectivity index (χ2n) is 3.32. The molecule has 0 unspecified atom stereocenters. The zero-order valence-electron chi connectivity index (χ0n) is 9.75. The Kier molecular flexibility index (Phi) is 5.12. The van der Waals surface area contributed by atoms with Crippen molar-refractivity contribution >= 4 is 34.8 Å². The van der Waals surface area contributed by atoms with Gasteiger partial charge in [0.25, 0.3) is 0 Å². The SMILES string of the molecule is CCOC(=O)c1nc(N)sc1-c1ccccc1.Cl. The Labute approximate surface area is 115 Å². The van der Waals surface area contributed by atoms with Crippen molar-refractivity contribution in [1.29, 1.82) is 0 Å². The van der Waals surface area contributed by atoms with E-state index in [1.165, 1.54) is 11.3 Å². The van der Waals surface area contributed by atoms with Gasteiger partial charge in [0.2, 0.25) is 0 Å². The Morgan fingerprint density at radius 2 is 2.06 bits per heavy atom. The van der Waals surface area contributed by atoms with Gasteiger partial charge in [-0.15, -0.1) is 12.4 Å². The van der Waals surface area contributed by atoms with Gasteiger partial charge < -0.3 is 10.5 Å². The van der Waals surface area contributed by atoms with Gasteiger partial charge in [0.05, 0.1) is 11.5 Å². The molecule has 0 aliphatic heterocycles. The molecule has 4 nitrogen and oxygen atoms in total. The van der Waals surface area contributed by atoms with Crippen LogP contribution in [0.2, 0.25) is 0 Å². The number of hydrogen-bond acceptors (Lipinski definition) is 5. The Morgan fingerprint density at radius 1 is 1.39 bits per heavy atom. The van der Waals surface area contributed by atoms with Crippen LogP contribution in [0.1, 0.15) is 17.4 Å². The molecule has 2 N–H and O–H groups in total. The van der Waals surface area contributed by atoms with E-state index in [9.17, 15) is 4.79 Å². The Bertz CT molecular complexity index is 528. The first-order valence-electron chi connectivity index (χ1n) is 5.21.